The van der Waals surface area contributed by atoms with E-state index < -0.39 is 29.5 Å². The number of amides is 1. The van der Waals surface area contributed by atoms with E-state index in [0.717, 1.165) is 24.3 Å². The van der Waals surface area contributed by atoms with Crippen LogP contribution in [0.3, 0.4) is 0 Å². The number of alkyl halides is 3. The lowest BCUT2D eigenvalue weighted by atomic mass is 10.1. The third kappa shape index (κ3) is 8.14. The van der Waals surface area contributed by atoms with Crippen LogP contribution >= 0.6 is 0 Å². The van der Waals surface area contributed by atoms with Gasteiger partial charge >= 0.3 is 6.36 Å². The largest absolute Gasteiger partial charge is 0.573 e. The monoisotopic (exact) mass is 434 g/mol. The van der Waals surface area contributed by atoms with Crippen LogP contribution in [0.25, 0.3) is 0 Å². The van der Waals surface area contributed by atoms with Gasteiger partial charge in [0, 0.05) is 6.54 Å². The number of anilines is 1. The molecule has 30 heavy (non-hydrogen) atoms. The fraction of sp³-hybridized carbons (Fsp3) is 0.350. The molecule has 0 unspecified atom stereocenters. The molecule has 0 fully saturated rings. The van der Waals surface area contributed by atoms with Gasteiger partial charge in [-0.15, -0.1) is 13.2 Å². The SMILES string of the molecule is CC.NC(=O)c1c(F)ccc(NCCCCOc2ccc(OC(F)(F)F)cc2)c1F. The van der Waals surface area contributed by atoms with Gasteiger partial charge in [0.25, 0.3) is 5.91 Å². The van der Waals surface area contributed by atoms with Gasteiger partial charge in [0.2, 0.25) is 0 Å². The number of primary amides is 1. The molecule has 166 valence electrons. The number of unbranched alkanes of at least 4 members (excludes halogenated alkanes) is 1. The van der Waals surface area contributed by atoms with E-state index in [2.05, 4.69) is 10.1 Å². The van der Waals surface area contributed by atoms with Gasteiger partial charge in [0.1, 0.15) is 22.9 Å². The van der Waals surface area contributed by atoms with Crippen molar-refractivity contribution in [2.75, 3.05) is 18.5 Å². The van der Waals surface area contributed by atoms with E-state index in [0.29, 0.717) is 25.1 Å². The van der Waals surface area contributed by atoms with Gasteiger partial charge in [0.05, 0.1) is 12.3 Å². The van der Waals surface area contributed by atoms with Crippen LogP contribution in [0, 0.1) is 11.6 Å². The number of ether oxygens (including phenoxy) is 2. The van der Waals surface area contributed by atoms with Crippen LogP contribution in [0.15, 0.2) is 36.4 Å². The molecule has 2 aromatic rings. The molecule has 0 aliphatic rings. The van der Waals surface area contributed by atoms with Crippen LogP contribution in [-0.4, -0.2) is 25.4 Å². The van der Waals surface area contributed by atoms with Crippen LogP contribution in [0.4, 0.5) is 27.6 Å². The predicted molar refractivity (Wildman–Crippen MR) is 103 cm³/mol. The van der Waals surface area contributed by atoms with E-state index in [1.54, 1.807) is 0 Å². The first-order valence-electron chi connectivity index (χ1n) is 9.17. The number of halogens is 5. The summed E-state index contributed by atoms with van der Waals surface area (Å²) >= 11 is 0. The summed E-state index contributed by atoms with van der Waals surface area (Å²) in [5.41, 5.74) is 4.10. The summed E-state index contributed by atoms with van der Waals surface area (Å²) in [6.07, 6.45) is -3.64. The Morgan fingerprint density at radius 2 is 1.60 bits per heavy atom. The molecule has 0 aliphatic heterocycles. The van der Waals surface area contributed by atoms with Crippen molar-refractivity contribution in [1.29, 1.82) is 0 Å². The number of nitrogens with one attached hydrogen (secondary N) is 1. The molecule has 0 radical (unpaired) electrons. The Bertz CT molecular complexity index is 811. The number of hydrogen-bond donors (Lipinski definition) is 2. The van der Waals surface area contributed by atoms with Gasteiger partial charge in [0.15, 0.2) is 5.82 Å². The van der Waals surface area contributed by atoms with Crippen molar-refractivity contribution in [3.63, 3.8) is 0 Å². The first-order valence-corrected chi connectivity index (χ1v) is 9.17. The molecular formula is C20H23F5N2O3. The molecule has 0 aromatic heterocycles. The van der Waals surface area contributed by atoms with E-state index in [-0.39, 0.29) is 18.0 Å². The molecule has 10 heteroatoms. The summed E-state index contributed by atoms with van der Waals surface area (Å²) in [5, 5.41) is 2.74. The van der Waals surface area contributed by atoms with Crippen molar-refractivity contribution in [3.8, 4) is 11.5 Å². The summed E-state index contributed by atoms with van der Waals surface area (Å²) in [6.45, 7) is 4.60. The second-order valence-electron chi connectivity index (χ2n) is 5.65. The van der Waals surface area contributed by atoms with Crippen LogP contribution < -0.4 is 20.5 Å². The van der Waals surface area contributed by atoms with E-state index >= 15 is 0 Å². The molecule has 2 rings (SSSR count). The van der Waals surface area contributed by atoms with Crippen LogP contribution in [0.2, 0.25) is 0 Å². The number of hydrogen-bond acceptors (Lipinski definition) is 4. The zero-order valence-electron chi connectivity index (χ0n) is 16.5. The highest BCUT2D eigenvalue weighted by Gasteiger charge is 2.30. The Hall–Kier alpha value is -3.04. The molecule has 0 heterocycles. The Balaban J connectivity index is 0.00000218. The number of nitrogens with two attached hydrogens (primary N) is 1. The molecule has 3 N–H and O–H groups in total. The quantitative estimate of drug-likeness (QED) is 0.417. The summed E-state index contributed by atoms with van der Waals surface area (Å²) in [6, 6.07) is 7.08. The zero-order chi connectivity index (χ0) is 22.7. The molecule has 2 aromatic carbocycles. The van der Waals surface area contributed by atoms with Crippen molar-refractivity contribution >= 4 is 11.6 Å². The lowest BCUT2D eigenvalue weighted by Gasteiger charge is -2.11. The van der Waals surface area contributed by atoms with E-state index in [1.807, 2.05) is 13.8 Å². The molecule has 5 nitrogen and oxygen atoms in total. The van der Waals surface area contributed by atoms with Gasteiger partial charge in [-0.3, -0.25) is 4.79 Å². The Kier molecular flexibility index (Phi) is 9.87. The highest BCUT2D eigenvalue weighted by atomic mass is 19.4. The van der Waals surface area contributed by atoms with Crippen LogP contribution in [0.1, 0.15) is 37.0 Å². The predicted octanol–water partition coefficient (Wildman–Crippen LogP) is 5.26. The Labute approximate surface area is 171 Å². The summed E-state index contributed by atoms with van der Waals surface area (Å²) < 4.78 is 72.7. The van der Waals surface area contributed by atoms with E-state index in [9.17, 15) is 26.7 Å². The van der Waals surface area contributed by atoms with Crippen molar-refractivity contribution in [2.24, 2.45) is 5.73 Å². The third-order valence-electron chi connectivity index (χ3n) is 3.55. The van der Waals surface area contributed by atoms with Crippen molar-refractivity contribution in [3.05, 3.63) is 53.6 Å². The smallest absolute Gasteiger partial charge is 0.494 e. The second-order valence-corrected chi connectivity index (χ2v) is 5.65. The first-order chi connectivity index (χ1) is 14.2. The van der Waals surface area contributed by atoms with Crippen molar-refractivity contribution < 1.29 is 36.2 Å². The molecule has 0 saturated carbocycles. The molecule has 0 aliphatic carbocycles. The standard InChI is InChI=1S/C18H17F5N2O3.C2H6/c19-13-7-8-14(16(20)15(13)17(24)26)25-9-1-2-10-27-11-3-5-12(6-4-11)28-18(21,22)23;1-2/h3-8,25H,1-2,9-10H2,(H2,24,26);1-2H3. The topological polar surface area (TPSA) is 73.6 Å². The minimum atomic E-state index is -4.75. The van der Waals surface area contributed by atoms with Crippen LogP contribution in [0.5, 0.6) is 11.5 Å². The first kappa shape index (κ1) is 25.0. The van der Waals surface area contributed by atoms with Crippen molar-refractivity contribution in [1.82, 2.24) is 0 Å². The highest BCUT2D eigenvalue weighted by molar-refractivity contribution is 5.94. The van der Waals surface area contributed by atoms with E-state index in [4.69, 9.17) is 10.5 Å². The lowest BCUT2D eigenvalue weighted by molar-refractivity contribution is -0.274. The molecule has 0 spiro atoms. The molecule has 0 bridgehead atoms. The van der Waals surface area contributed by atoms with E-state index in [1.165, 1.54) is 12.1 Å². The number of rotatable bonds is 9. The Morgan fingerprint density at radius 3 is 2.17 bits per heavy atom. The number of carbonyl (C=O) groups is 1. The van der Waals surface area contributed by atoms with Crippen molar-refractivity contribution in [2.45, 2.75) is 33.1 Å². The maximum atomic E-state index is 14.0. The highest BCUT2D eigenvalue weighted by Crippen LogP contribution is 2.25. The summed E-state index contributed by atoms with van der Waals surface area (Å²) in [5.74, 6) is -3.25. The normalized spacial score (nSPS) is 10.6. The lowest BCUT2D eigenvalue weighted by Crippen LogP contribution is -2.17. The average Bonchev–Trinajstić information content (AvgIpc) is 2.67. The fourth-order valence-electron chi connectivity index (χ4n) is 2.29. The number of carbonyl (C=O) groups excluding carboxylic acids is 1. The molecule has 0 saturated heterocycles. The molecular weight excluding hydrogens is 411 g/mol. The zero-order valence-corrected chi connectivity index (χ0v) is 16.5. The number of benzene rings is 2. The van der Waals surface area contributed by atoms with Gasteiger partial charge in [-0.2, -0.15) is 0 Å². The third-order valence-corrected chi connectivity index (χ3v) is 3.55. The molecule has 0 atom stereocenters. The van der Waals surface area contributed by atoms with Gasteiger partial charge in [-0.1, -0.05) is 13.8 Å². The minimum absolute atomic E-state index is 0.0450. The maximum Gasteiger partial charge on any atom is 0.573 e. The summed E-state index contributed by atoms with van der Waals surface area (Å²) in [7, 11) is 0. The fourth-order valence-corrected chi connectivity index (χ4v) is 2.29. The minimum Gasteiger partial charge on any atom is -0.494 e. The van der Waals surface area contributed by atoms with Gasteiger partial charge < -0.3 is 20.5 Å². The summed E-state index contributed by atoms with van der Waals surface area (Å²) in [4.78, 5) is 11.1. The second kappa shape index (κ2) is 11.8. The average molecular weight is 434 g/mol. The molecule has 1 amide bonds. The van der Waals surface area contributed by atoms with Crippen LogP contribution in [-0.2, 0) is 0 Å². The maximum absolute atomic E-state index is 14.0. The van der Waals surface area contributed by atoms with Gasteiger partial charge in [-0.05, 0) is 49.2 Å². The van der Waals surface area contributed by atoms with Gasteiger partial charge in [-0.25, -0.2) is 8.78 Å². The Morgan fingerprint density at radius 1 is 1.00 bits per heavy atom.